The fourth-order valence-corrected chi connectivity index (χ4v) is 2.41. The van der Waals surface area contributed by atoms with E-state index in [-0.39, 0.29) is 5.12 Å². The predicted molar refractivity (Wildman–Crippen MR) is 67.9 cm³/mol. The van der Waals surface area contributed by atoms with E-state index in [4.69, 9.17) is 17.3 Å². The Morgan fingerprint density at radius 3 is 3.07 bits per heavy atom. The third-order valence-corrected chi connectivity index (χ3v) is 3.47. The molecule has 0 aliphatic rings. The van der Waals surface area contributed by atoms with Gasteiger partial charge < -0.3 is 5.73 Å². The first-order valence-corrected chi connectivity index (χ1v) is 6.21. The normalized spacial score (nSPS) is 11.5. The summed E-state index contributed by atoms with van der Waals surface area (Å²) in [5.74, 6) is 0.388. The number of rotatable bonds is 4. The van der Waals surface area contributed by atoms with Gasteiger partial charge in [-0.15, -0.1) is 11.3 Å². The van der Waals surface area contributed by atoms with Crippen molar-refractivity contribution in [3.05, 3.63) is 33.6 Å². The van der Waals surface area contributed by atoms with Gasteiger partial charge in [0.1, 0.15) is 0 Å². The average molecular weight is 261 g/mol. The monoisotopic (exact) mass is 260 g/mol. The number of carbonyl (C=O) groups excluding carboxylic acids is 1. The number of hydrogen-bond acceptors (Lipinski definition) is 5. The van der Waals surface area contributed by atoms with Crippen LogP contribution in [0.15, 0.2) is 29.4 Å². The minimum Gasteiger partial charge on any atom is -0.405 e. The number of thiophene rings is 1. The van der Waals surface area contributed by atoms with Crippen LogP contribution in [-0.4, -0.2) is 17.2 Å². The van der Waals surface area contributed by atoms with Crippen LogP contribution >= 0.6 is 34.7 Å². The van der Waals surface area contributed by atoms with Crippen LogP contribution in [0.5, 0.6) is 0 Å². The maximum absolute atomic E-state index is 11.5. The van der Waals surface area contributed by atoms with Crippen LogP contribution in [0.3, 0.4) is 0 Å². The number of aliphatic imine (C=N–C) groups is 1. The molecule has 3 nitrogen and oxygen atoms in total. The highest BCUT2D eigenvalue weighted by Crippen LogP contribution is 2.25. The minimum absolute atomic E-state index is 0.0132. The minimum atomic E-state index is -0.0132. The van der Waals surface area contributed by atoms with Crippen LogP contribution in [-0.2, 0) is 0 Å². The van der Waals surface area contributed by atoms with Crippen molar-refractivity contribution in [3.8, 4) is 0 Å². The number of halogens is 1. The lowest BCUT2D eigenvalue weighted by atomic mass is 10.5. The topological polar surface area (TPSA) is 55.4 Å². The molecule has 0 atom stereocenters. The summed E-state index contributed by atoms with van der Waals surface area (Å²) >= 11 is 8.12. The summed E-state index contributed by atoms with van der Waals surface area (Å²) in [6.07, 6.45) is 4.55. The van der Waals surface area contributed by atoms with Crippen molar-refractivity contribution in [2.45, 2.75) is 0 Å². The third-order valence-electron chi connectivity index (χ3n) is 1.35. The Labute approximate surface area is 101 Å². The molecule has 0 radical (unpaired) electrons. The summed E-state index contributed by atoms with van der Waals surface area (Å²) in [4.78, 5) is 16.1. The summed E-state index contributed by atoms with van der Waals surface area (Å²) < 4.78 is 0.619. The highest BCUT2D eigenvalue weighted by atomic mass is 35.5. The standard InChI is InChI=1S/C9H9ClN2OS2/c10-8-3-2-7(15-8)9(13)14-6-12-5-1-4-11/h1-5H,6,11H2/b4-1-,12-5-. The first-order valence-electron chi connectivity index (χ1n) is 4.03. The first-order chi connectivity index (χ1) is 7.24. The average Bonchev–Trinajstić information content (AvgIpc) is 2.64. The van der Waals surface area contributed by atoms with Crippen molar-refractivity contribution < 1.29 is 4.79 Å². The van der Waals surface area contributed by atoms with Gasteiger partial charge in [0.15, 0.2) is 0 Å². The molecule has 1 heterocycles. The number of carbonyl (C=O) groups is 1. The van der Waals surface area contributed by atoms with E-state index in [0.29, 0.717) is 15.1 Å². The number of nitrogens with zero attached hydrogens (tertiary/aromatic N) is 1. The number of allylic oxidation sites excluding steroid dienone is 1. The van der Waals surface area contributed by atoms with Crippen molar-refractivity contribution >= 4 is 46.0 Å². The molecule has 1 rings (SSSR count). The van der Waals surface area contributed by atoms with E-state index in [1.807, 2.05) is 0 Å². The Balaban J connectivity index is 2.37. The van der Waals surface area contributed by atoms with Crippen LogP contribution < -0.4 is 5.73 Å². The van der Waals surface area contributed by atoms with E-state index in [0.717, 1.165) is 11.8 Å². The molecule has 1 aromatic rings. The summed E-state index contributed by atoms with van der Waals surface area (Å²) in [6.45, 7) is 0. The SMILES string of the molecule is N/C=C\C=N/CSC(=O)c1ccc(Cl)s1. The second-order valence-corrected chi connectivity index (χ2v) is 5.01. The van der Waals surface area contributed by atoms with Crippen molar-refractivity contribution in [1.29, 1.82) is 0 Å². The number of thioether (sulfide) groups is 1. The molecule has 0 bridgehead atoms. The quantitative estimate of drug-likeness (QED) is 0.847. The lowest BCUT2D eigenvalue weighted by Crippen LogP contribution is -1.89. The van der Waals surface area contributed by atoms with Gasteiger partial charge in [0.05, 0.1) is 15.1 Å². The highest BCUT2D eigenvalue weighted by Gasteiger charge is 2.08. The van der Waals surface area contributed by atoms with Gasteiger partial charge >= 0.3 is 0 Å². The molecule has 80 valence electrons. The van der Waals surface area contributed by atoms with Gasteiger partial charge in [-0.25, -0.2) is 0 Å². The molecule has 0 fully saturated rings. The zero-order valence-corrected chi connectivity index (χ0v) is 10.1. The van der Waals surface area contributed by atoms with Gasteiger partial charge in [-0.1, -0.05) is 23.4 Å². The van der Waals surface area contributed by atoms with E-state index in [2.05, 4.69) is 4.99 Å². The van der Waals surface area contributed by atoms with E-state index in [9.17, 15) is 4.79 Å². The maximum Gasteiger partial charge on any atom is 0.231 e. The van der Waals surface area contributed by atoms with Crippen molar-refractivity contribution in [2.24, 2.45) is 10.7 Å². The lowest BCUT2D eigenvalue weighted by molar-refractivity contribution is 0.109. The lowest BCUT2D eigenvalue weighted by Gasteiger charge is -1.92. The molecule has 0 saturated carbocycles. The Morgan fingerprint density at radius 2 is 2.47 bits per heavy atom. The smallest absolute Gasteiger partial charge is 0.231 e. The fraction of sp³-hybridized carbons (Fsp3) is 0.111. The molecule has 0 aliphatic carbocycles. The largest absolute Gasteiger partial charge is 0.405 e. The van der Waals surface area contributed by atoms with Gasteiger partial charge in [0, 0.05) is 6.21 Å². The van der Waals surface area contributed by atoms with Gasteiger partial charge in [0.25, 0.3) is 0 Å². The Bertz CT molecular complexity index is 387. The number of hydrogen-bond donors (Lipinski definition) is 1. The van der Waals surface area contributed by atoms with Crippen LogP contribution in [0, 0.1) is 0 Å². The zero-order chi connectivity index (χ0) is 11.1. The molecule has 15 heavy (non-hydrogen) atoms. The van der Waals surface area contributed by atoms with Gasteiger partial charge in [-0.2, -0.15) is 0 Å². The fourth-order valence-electron chi connectivity index (χ4n) is 0.745. The summed E-state index contributed by atoms with van der Waals surface area (Å²) in [6, 6.07) is 3.42. The summed E-state index contributed by atoms with van der Waals surface area (Å²) in [5.41, 5.74) is 5.11. The Kier molecular flexibility index (Phi) is 5.45. The third kappa shape index (κ3) is 4.51. The first kappa shape index (κ1) is 12.3. The van der Waals surface area contributed by atoms with Gasteiger partial charge in [-0.3, -0.25) is 9.79 Å². The van der Waals surface area contributed by atoms with Gasteiger partial charge in [-0.05, 0) is 24.4 Å². The van der Waals surface area contributed by atoms with Crippen LogP contribution in [0.25, 0.3) is 0 Å². The highest BCUT2D eigenvalue weighted by molar-refractivity contribution is 8.14. The Morgan fingerprint density at radius 1 is 1.67 bits per heavy atom. The maximum atomic E-state index is 11.5. The molecule has 0 amide bonds. The molecule has 6 heteroatoms. The van der Waals surface area contributed by atoms with Gasteiger partial charge in [0.2, 0.25) is 5.12 Å². The van der Waals surface area contributed by atoms with Crippen molar-refractivity contribution in [1.82, 2.24) is 0 Å². The van der Waals surface area contributed by atoms with Crippen molar-refractivity contribution in [3.63, 3.8) is 0 Å². The van der Waals surface area contributed by atoms with E-state index >= 15 is 0 Å². The summed E-state index contributed by atoms with van der Waals surface area (Å²) in [5, 5.41) is -0.0132. The van der Waals surface area contributed by atoms with Crippen LogP contribution in [0.1, 0.15) is 9.67 Å². The predicted octanol–water partition coefficient (Wildman–Crippen LogP) is 2.78. The molecule has 0 saturated heterocycles. The van der Waals surface area contributed by atoms with E-state index in [1.54, 1.807) is 24.4 Å². The zero-order valence-electron chi connectivity index (χ0n) is 7.72. The molecule has 0 aromatic carbocycles. The second kappa shape index (κ2) is 6.66. The molecule has 0 aliphatic heterocycles. The summed E-state index contributed by atoms with van der Waals surface area (Å²) in [7, 11) is 0. The van der Waals surface area contributed by atoms with E-state index < -0.39 is 0 Å². The van der Waals surface area contributed by atoms with Crippen LogP contribution in [0.4, 0.5) is 0 Å². The molecular weight excluding hydrogens is 252 g/mol. The Hall–Kier alpha value is -0.780. The second-order valence-electron chi connectivity index (χ2n) is 2.38. The van der Waals surface area contributed by atoms with Crippen LogP contribution in [0.2, 0.25) is 4.34 Å². The molecule has 2 N–H and O–H groups in total. The van der Waals surface area contributed by atoms with E-state index in [1.165, 1.54) is 17.5 Å². The molecule has 1 aromatic heterocycles. The molecular formula is C9H9ClN2OS2. The molecule has 0 spiro atoms. The number of nitrogens with two attached hydrogens (primary N) is 1. The molecule has 0 unspecified atom stereocenters. The van der Waals surface area contributed by atoms with Crippen molar-refractivity contribution in [2.75, 3.05) is 5.88 Å².